The maximum atomic E-state index is 14.7. The van der Waals surface area contributed by atoms with Crippen LogP contribution in [0.4, 0.5) is 10.1 Å². The summed E-state index contributed by atoms with van der Waals surface area (Å²) >= 11 is 1.34. The quantitative estimate of drug-likeness (QED) is 0.433. The van der Waals surface area contributed by atoms with Crippen molar-refractivity contribution in [3.8, 4) is 5.75 Å². The minimum absolute atomic E-state index is 0.0633. The van der Waals surface area contributed by atoms with E-state index in [9.17, 15) is 9.18 Å². The molecule has 1 aliphatic rings. The standard InChI is InChI=1S/C25H22FN3O2S/c26-21-7-4-8-22-23(21)20(17-31-19-5-2-1-3-6-19)24(32-22)25(30)29-15-13-28(14-16-29)18-9-11-27-12-10-18/h1-12H,13-17H2. The molecule has 0 atom stereocenters. The third-order valence-corrected chi connectivity index (χ3v) is 6.86. The number of nitrogens with zero attached hydrogens (tertiary/aromatic N) is 3. The van der Waals surface area contributed by atoms with Gasteiger partial charge in [0.05, 0.1) is 4.88 Å². The lowest BCUT2D eigenvalue weighted by molar-refractivity contribution is 0.0749. The van der Waals surface area contributed by atoms with Gasteiger partial charge in [-0.25, -0.2) is 4.39 Å². The maximum absolute atomic E-state index is 14.7. The first-order valence-electron chi connectivity index (χ1n) is 10.5. The normalized spacial score (nSPS) is 14.0. The van der Waals surface area contributed by atoms with Crippen LogP contribution in [0.1, 0.15) is 15.2 Å². The molecular formula is C25H22FN3O2S. The van der Waals surface area contributed by atoms with Crippen molar-refractivity contribution in [2.45, 2.75) is 6.61 Å². The molecule has 162 valence electrons. The highest BCUT2D eigenvalue weighted by Gasteiger charge is 2.28. The molecule has 1 saturated heterocycles. The first-order chi connectivity index (χ1) is 15.7. The molecule has 3 heterocycles. The Bertz CT molecular complexity index is 1220. The van der Waals surface area contributed by atoms with Gasteiger partial charge in [0.15, 0.2) is 0 Å². The fraction of sp³-hybridized carbons (Fsp3) is 0.200. The van der Waals surface area contributed by atoms with Crippen molar-refractivity contribution in [1.82, 2.24) is 9.88 Å². The van der Waals surface area contributed by atoms with Crippen LogP contribution < -0.4 is 9.64 Å². The zero-order chi connectivity index (χ0) is 21.9. The van der Waals surface area contributed by atoms with Gasteiger partial charge in [0.1, 0.15) is 18.2 Å². The number of aromatic nitrogens is 1. The number of ether oxygens (including phenoxy) is 1. The molecular weight excluding hydrogens is 425 g/mol. The van der Waals surface area contributed by atoms with Crippen LogP contribution in [0, 0.1) is 5.82 Å². The van der Waals surface area contributed by atoms with E-state index in [0.29, 0.717) is 34.7 Å². The lowest BCUT2D eigenvalue weighted by atomic mass is 10.1. The highest BCUT2D eigenvalue weighted by atomic mass is 32.1. The number of thiophene rings is 1. The van der Waals surface area contributed by atoms with E-state index in [-0.39, 0.29) is 18.3 Å². The summed E-state index contributed by atoms with van der Waals surface area (Å²) in [6.45, 7) is 2.84. The Morgan fingerprint density at radius 1 is 0.969 bits per heavy atom. The second-order valence-corrected chi connectivity index (χ2v) is 8.66. The summed E-state index contributed by atoms with van der Waals surface area (Å²) in [5.41, 5.74) is 1.72. The molecule has 0 aliphatic carbocycles. The van der Waals surface area contributed by atoms with Gasteiger partial charge in [-0.1, -0.05) is 24.3 Å². The van der Waals surface area contributed by atoms with Gasteiger partial charge in [-0.05, 0) is 36.4 Å². The molecule has 2 aromatic heterocycles. The van der Waals surface area contributed by atoms with Crippen molar-refractivity contribution in [3.05, 3.63) is 89.3 Å². The van der Waals surface area contributed by atoms with Crippen molar-refractivity contribution >= 4 is 33.0 Å². The Balaban J connectivity index is 1.39. The average molecular weight is 448 g/mol. The third-order valence-electron chi connectivity index (χ3n) is 5.68. The van der Waals surface area contributed by atoms with Crippen molar-refractivity contribution in [2.75, 3.05) is 31.1 Å². The Kier molecular flexibility index (Phi) is 5.73. The van der Waals surface area contributed by atoms with Crippen molar-refractivity contribution in [3.63, 3.8) is 0 Å². The number of piperazine rings is 1. The predicted octanol–water partition coefficient (Wildman–Crippen LogP) is 4.98. The van der Waals surface area contributed by atoms with Gasteiger partial charge in [-0.15, -0.1) is 11.3 Å². The number of amides is 1. The van der Waals surface area contributed by atoms with Gasteiger partial charge in [0.25, 0.3) is 5.91 Å². The highest BCUT2D eigenvalue weighted by Crippen LogP contribution is 2.35. The summed E-state index contributed by atoms with van der Waals surface area (Å²) in [6, 6.07) is 18.3. The number of benzene rings is 2. The van der Waals surface area contributed by atoms with E-state index in [4.69, 9.17) is 4.74 Å². The Hall–Kier alpha value is -3.45. The van der Waals surface area contributed by atoms with Crippen molar-refractivity contribution in [2.24, 2.45) is 0 Å². The fourth-order valence-electron chi connectivity index (χ4n) is 4.02. The SMILES string of the molecule is O=C(c1sc2cccc(F)c2c1COc1ccccc1)N1CCN(c2ccncc2)CC1. The van der Waals surface area contributed by atoms with Crippen LogP contribution in [-0.4, -0.2) is 42.0 Å². The van der Waals surface area contributed by atoms with E-state index in [1.165, 1.54) is 17.4 Å². The average Bonchev–Trinajstić information content (AvgIpc) is 3.23. The van der Waals surface area contributed by atoms with Crippen molar-refractivity contribution in [1.29, 1.82) is 0 Å². The molecule has 5 nitrogen and oxygen atoms in total. The maximum Gasteiger partial charge on any atom is 0.264 e. The van der Waals surface area contributed by atoms with E-state index in [1.807, 2.05) is 53.4 Å². The fourth-order valence-corrected chi connectivity index (χ4v) is 5.21. The van der Waals surface area contributed by atoms with Gasteiger partial charge in [-0.2, -0.15) is 0 Å². The first-order valence-corrected chi connectivity index (χ1v) is 11.3. The molecule has 4 aromatic rings. The summed E-state index contributed by atoms with van der Waals surface area (Å²) in [7, 11) is 0. The molecule has 0 spiro atoms. The first kappa shape index (κ1) is 20.5. The van der Waals surface area contributed by atoms with Crippen LogP contribution in [0.2, 0.25) is 0 Å². The molecule has 1 fully saturated rings. The van der Waals surface area contributed by atoms with Crippen LogP contribution >= 0.6 is 11.3 Å². The second-order valence-electron chi connectivity index (χ2n) is 7.61. The topological polar surface area (TPSA) is 45.7 Å². The number of rotatable bonds is 5. The van der Waals surface area contributed by atoms with E-state index in [0.717, 1.165) is 23.5 Å². The molecule has 0 radical (unpaired) electrons. The number of carbonyl (C=O) groups is 1. The number of fused-ring (bicyclic) bond motifs is 1. The summed E-state index contributed by atoms with van der Waals surface area (Å²) in [4.78, 5) is 22.2. The molecule has 32 heavy (non-hydrogen) atoms. The van der Waals surface area contributed by atoms with Gasteiger partial charge in [0.2, 0.25) is 0 Å². The summed E-state index contributed by atoms with van der Waals surface area (Å²) in [6.07, 6.45) is 3.55. The number of hydrogen-bond acceptors (Lipinski definition) is 5. The van der Waals surface area contributed by atoms with Crippen LogP contribution in [0.5, 0.6) is 5.75 Å². The number of hydrogen-bond donors (Lipinski definition) is 0. The largest absolute Gasteiger partial charge is 0.489 e. The van der Waals surface area contributed by atoms with Crippen LogP contribution in [0.25, 0.3) is 10.1 Å². The predicted molar refractivity (Wildman–Crippen MR) is 125 cm³/mol. The Morgan fingerprint density at radius 3 is 2.47 bits per heavy atom. The summed E-state index contributed by atoms with van der Waals surface area (Å²) in [5.74, 6) is 0.297. The van der Waals surface area contributed by atoms with Gasteiger partial charge < -0.3 is 14.5 Å². The zero-order valence-corrected chi connectivity index (χ0v) is 18.2. The Labute approximate surface area is 189 Å². The molecule has 1 aliphatic heterocycles. The van der Waals surface area contributed by atoms with Gasteiger partial charge in [-0.3, -0.25) is 9.78 Å². The molecule has 2 aromatic carbocycles. The van der Waals surface area contributed by atoms with Gasteiger partial charge >= 0.3 is 0 Å². The second kappa shape index (κ2) is 8.96. The van der Waals surface area contributed by atoms with Crippen LogP contribution in [0.15, 0.2) is 73.1 Å². The van der Waals surface area contributed by atoms with Crippen LogP contribution in [0.3, 0.4) is 0 Å². The number of anilines is 1. The van der Waals surface area contributed by atoms with E-state index >= 15 is 0 Å². The smallest absolute Gasteiger partial charge is 0.264 e. The number of halogens is 1. The minimum Gasteiger partial charge on any atom is -0.489 e. The minimum atomic E-state index is -0.327. The van der Waals surface area contributed by atoms with Crippen LogP contribution in [-0.2, 0) is 6.61 Å². The Morgan fingerprint density at radius 2 is 1.72 bits per heavy atom. The number of para-hydroxylation sites is 1. The number of pyridine rings is 1. The van der Waals surface area contributed by atoms with Crippen molar-refractivity contribution < 1.29 is 13.9 Å². The third kappa shape index (κ3) is 4.03. The monoisotopic (exact) mass is 447 g/mol. The molecule has 5 rings (SSSR count). The summed E-state index contributed by atoms with van der Waals surface area (Å²) in [5, 5.41) is 0.479. The zero-order valence-electron chi connectivity index (χ0n) is 17.4. The lowest BCUT2D eigenvalue weighted by Crippen LogP contribution is -2.48. The lowest BCUT2D eigenvalue weighted by Gasteiger charge is -2.36. The van der Waals surface area contributed by atoms with Gasteiger partial charge in [0, 0.05) is 59.9 Å². The molecule has 1 amide bonds. The highest BCUT2D eigenvalue weighted by molar-refractivity contribution is 7.21. The molecule has 0 unspecified atom stereocenters. The summed E-state index contributed by atoms with van der Waals surface area (Å²) < 4.78 is 21.4. The molecule has 7 heteroatoms. The van der Waals surface area contributed by atoms with E-state index < -0.39 is 0 Å². The molecule has 0 bridgehead atoms. The van der Waals surface area contributed by atoms with E-state index in [2.05, 4.69) is 9.88 Å². The number of carbonyl (C=O) groups excluding carboxylic acids is 1. The molecule has 0 saturated carbocycles. The molecule has 0 N–H and O–H groups in total. The van der Waals surface area contributed by atoms with E-state index in [1.54, 1.807) is 18.5 Å².